The van der Waals surface area contributed by atoms with Gasteiger partial charge in [-0.2, -0.15) is 0 Å². The van der Waals surface area contributed by atoms with E-state index in [1.807, 2.05) is 0 Å². The summed E-state index contributed by atoms with van der Waals surface area (Å²) >= 11 is 1.18. The second-order valence-corrected chi connectivity index (χ2v) is 5.73. The summed E-state index contributed by atoms with van der Waals surface area (Å²) in [6.45, 7) is 0. The predicted molar refractivity (Wildman–Crippen MR) is 60.9 cm³/mol. The number of carbonyl (C=O) groups is 1. The number of aromatic amines is 1. The van der Waals surface area contributed by atoms with Crippen LogP contribution in [0.3, 0.4) is 0 Å². The van der Waals surface area contributed by atoms with Gasteiger partial charge in [-0.25, -0.2) is 13.6 Å². The molecule has 0 fully saturated rings. The molecule has 0 saturated heterocycles. The standard InChI is InChI=1S/C8H9N3O3S2/c1-10-7(12)5-2-4-3-6(16(9,13)14)11-8(4)15-5/h2-3,11H,1H3,(H,10,12)(H2,9,13,14). The third-order valence-corrected chi connectivity index (χ3v) is 3.94. The molecule has 1 amide bonds. The van der Waals surface area contributed by atoms with E-state index in [0.29, 0.717) is 15.1 Å². The van der Waals surface area contributed by atoms with E-state index in [1.54, 1.807) is 6.07 Å². The predicted octanol–water partition coefficient (Wildman–Crippen LogP) is 0.236. The average Bonchev–Trinajstić information content (AvgIpc) is 2.71. The van der Waals surface area contributed by atoms with Gasteiger partial charge in [-0.1, -0.05) is 0 Å². The molecule has 0 bridgehead atoms. The van der Waals surface area contributed by atoms with Gasteiger partial charge in [0.25, 0.3) is 15.9 Å². The van der Waals surface area contributed by atoms with Gasteiger partial charge in [0.1, 0.15) is 9.86 Å². The van der Waals surface area contributed by atoms with E-state index in [-0.39, 0.29) is 10.9 Å². The van der Waals surface area contributed by atoms with Crippen molar-refractivity contribution < 1.29 is 13.2 Å². The summed E-state index contributed by atoms with van der Waals surface area (Å²) in [4.78, 5) is 15.1. The highest BCUT2D eigenvalue weighted by molar-refractivity contribution is 7.89. The van der Waals surface area contributed by atoms with Crippen molar-refractivity contribution in [2.75, 3.05) is 7.05 Å². The summed E-state index contributed by atoms with van der Waals surface area (Å²) in [7, 11) is -2.19. The van der Waals surface area contributed by atoms with Gasteiger partial charge in [-0.05, 0) is 12.1 Å². The molecule has 0 saturated carbocycles. The van der Waals surface area contributed by atoms with E-state index < -0.39 is 10.0 Å². The molecule has 16 heavy (non-hydrogen) atoms. The number of hydrogen-bond donors (Lipinski definition) is 3. The van der Waals surface area contributed by atoms with Gasteiger partial charge in [0, 0.05) is 12.4 Å². The van der Waals surface area contributed by atoms with Crippen LogP contribution in [-0.2, 0) is 10.0 Å². The van der Waals surface area contributed by atoms with Crippen molar-refractivity contribution in [3.05, 3.63) is 17.0 Å². The summed E-state index contributed by atoms with van der Waals surface area (Å²) in [5.41, 5.74) is 0. The molecule has 2 aromatic rings. The van der Waals surface area contributed by atoms with Gasteiger partial charge < -0.3 is 10.3 Å². The van der Waals surface area contributed by atoms with Gasteiger partial charge in [0.05, 0.1) is 4.88 Å². The molecule has 0 radical (unpaired) electrons. The number of nitrogens with two attached hydrogens (primary N) is 1. The maximum Gasteiger partial charge on any atom is 0.261 e. The maximum absolute atomic E-state index is 11.3. The first-order chi connectivity index (χ1) is 7.41. The molecule has 2 heterocycles. The normalized spacial score (nSPS) is 11.9. The number of primary sulfonamides is 1. The molecule has 4 N–H and O–H groups in total. The minimum absolute atomic E-state index is 0.0443. The average molecular weight is 259 g/mol. The highest BCUT2D eigenvalue weighted by Crippen LogP contribution is 2.27. The number of nitrogens with one attached hydrogen (secondary N) is 2. The lowest BCUT2D eigenvalue weighted by Crippen LogP contribution is -2.16. The Kier molecular flexibility index (Phi) is 2.49. The zero-order valence-corrected chi connectivity index (χ0v) is 9.91. The summed E-state index contributed by atoms with van der Waals surface area (Å²) in [5, 5.41) is 8.08. The molecule has 8 heteroatoms. The molecular formula is C8H9N3O3S2. The SMILES string of the molecule is CNC(=O)c1cc2cc(S(N)(=O)=O)[nH]c2s1. The monoisotopic (exact) mass is 259 g/mol. The lowest BCUT2D eigenvalue weighted by Gasteiger charge is -1.93. The zero-order chi connectivity index (χ0) is 11.9. The smallest absolute Gasteiger partial charge is 0.261 e. The van der Waals surface area contributed by atoms with Gasteiger partial charge >= 0.3 is 0 Å². The molecule has 0 unspecified atom stereocenters. The van der Waals surface area contributed by atoms with E-state index in [4.69, 9.17) is 5.14 Å². The Bertz CT molecular complexity index is 622. The molecule has 86 valence electrons. The van der Waals surface area contributed by atoms with Gasteiger partial charge in [0.15, 0.2) is 0 Å². The number of amides is 1. The highest BCUT2D eigenvalue weighted by atomic mass is 32.2. The van der Waals surface area contributed by atoms with E-state index >= 15 is 0 Å². The Morgan fingerprint density at radius 1 is 1.50 bits per heavy atom. The Morgan fingerprint density at radius 3 is 2.69 bits per heavy atom. The second kappa shape index (κ2) is 3.58. The van der Waals surface area contributed by atoms with Crippen molar-refractivity contribution in [2.45, 2.75) is 5.03 Å². The number of rotatable bonds is 2. The van der Waals surface area contributed by atoms with Crippen LogP contribution in [0.5, 0.6) is 0 Å². The van der Waals surface area contributed by atoms with E-state index in [0.717, 1.165) is 0 Å². The van der Waals surface area contributed by atoms with Crippen molar-refractivity contribution in [2.24, 2.45) is 5.14 Å². The Labute approximate surface area is 95.5 Å². The lowest BCUT2D eigenvalue weighted by atomic mass is 10.3. The van der Waals surface area contributed by atoms with Crippen LogP contribution in [0, 0.1) is 0 Å². The molecule has 0 aromatic carbocycles. The zero-order valence-electron chi connectivity index (χ0n) is 8.27. The minimum Gasteiger partial charge on any atom is -0.354 e. The summed E-state index contributed by atoms with van der Waals surface area (Å²) < 4.78 is 22.1. The molecule has 2 rings (SSSR count). The highest BCUT2D eigenvalue weighted by Gasteiger charge is 2.15. The Balaban J connectivity index is 2.53. The number of aromatic nitrogens is 1. The van der Waals surface area contributed by atoms with Gasteiger partial charge in [-0.15, -0.1) is 11.3 Å². The fourth-order valence-electron chi connectivity index (χ4n) is 1.29. The van der Waals surface area contributed by atoms with Crippen LogP contribution < -0.4 is 10.5 Å². The molecule has 0 aliphatic carbocycles. The fourth-order valence-corrected chi connectivity index (χ4v) is 2.89. The molecule has 0 spiro atoms. The molecule has 0 atom stereocenters. The Hall–Kier alpha value is -1.38. The number of carbonyl (C=O) groups excluding carboxylic acids is 1. The van der Waals surface area contributed by atoms with Crippen LogP contribution in [0.25, 0.3) is 10.2 Å². The van der Waals surface area contributed by atoms with E-state index in [9.17, 15) is 13.2 Å². The van der Waals surface area contributed by atoms with Gasteiger partial charge in [0.2, 0.25) is 0 Å². The van der Waals surface area contributed by atoms with Crippen LogP contribution in [0.15, 0.2) is 17.2 Å². The van der Waals surface area contributed by atoms with Crippen LogP contribution in [-0.4, -0.2) is 26.4 Å². The largest absolute Gasteiger partial charge is 0.354 e. The number of thiophene rings is 1. The van der Waals surface area contributed by atoms with Gasteiger partial charge in [-0.3, -0.25) is 4.79 Å². The van der Waals surface area contributed by atoms with Crippen LogP contribution in [0.1, 0.15) is 9.67 Å². The lowest BCUT2D eigenvalue weighted by molar-refractivity contribution is 0.0967. The Morgan fingerprint density at radius 2 is 2.19 bits per heavy atom. The fraction of sp³-hybridized carbons (Fsp3) is 0.125. The molecule has 6 nitrogen and oxygen atoms in total. The minimum atomic E-state index is -3.72. The topological polar surface area (TPSA) is 105 Å². The van der Waals surface area contributed by atoms with Crippen LogP contribution in [0.4, 0.5) is 0 Å². The number of hydrogen-bond acceptors (Lipinski definition) is 4. The number of fused-ring (bicyclic) bond motifs is 1. The van der Waals surface area contributed by atoms with Crippen molar-refractivity contribution in [1.29, 1.82) is 0 Å². The number of H-pyrrole nitrogens is 1. The van der Waals surface area contributed by atoms with Crippen molar-refractivity contribution in [3.8, 4) is 0 Å². The first-order valence-electron chi connectivity index (χ1n) is 4.29. The van der Waals surface area contributed by atoms with Crippen LogP contribution in [0.2, 0.25) is 0 Å². The molecule has 0 aliphatic heterocycles. The summed E-state index contributed by atoms with van der Waals surface area (Å²) in [5.74, 6) is -0.202. The molecule has 2 aromatic heterocycles. The van der Waals surface area contributed by atoms with Crippen molar-refractivity contribution in [1.82, 2.24) is 10.3 Å². The van der Waals surface area contributed by atoms with Crippen molar-refractivity contribution in [3.63, 3.8) is 0 Å². The second-order valence-electron chi connectivity index (χ2n) is 3.15. The third kappa shape index (κ3) is 1.82. The number of sulfonamides is 1. The first-order valence-corrected chi connectivity index (χ1v) is 6.65. The van der Waals surface area contributed by atoms with Crippen molar-refractivity contribution >= 4 is 37.5 Å². The summed E-state index contributed by atoms with van der Waals surface area (Å²) in [6, 6.07) is 3.03. The summed E-state index contributed by atoms with van der Waals surface area (Å²) in [6.07, 6.45) is 0. The maximum atomic E-state index is 11.3. The quantitative estimate of drug-likeness (QED) is 0.719. The van der Waals surface area contributed by atoms with E-state index in [1.165, 1.54) is 24.5 Å². The first kappa shape index (κ1) is 11.1. The molecular weight excluding hydrogens is 250 g/mol. The molecule has 0 aliphatic rings. The third-order valence-electron chi connectivity index (χ3n) is 2.04. The van der Waals surface area contributed by atoms with Crippen LogP contribution >= 0.6 is 11.3 Å². The van der Waals surface area contributed by atoms with E-state index in [2.05, 4.69) is 10.3 Å².